The van der Waals surface area contributed by atoms with Crippen molar-refractivity contribution in [2.75, 3.05) is 0 Å². The molecule has 1 rings (SSSR count). The molecular formula is C3H3FN2O. The molecule has 0 spiro atoms. The molecule has 7 heavy (non-hydrogen) atoms. The van der Waals surface area contributed by atoms with Crippen LogP contribution < -0.4 is 0 Å². The molecule has 1 N–H and O–H groups in total. The minimum absolute atomic E-state index is 0.412. The maximum Gasteiger partial charge on any atom is 0.164 e. The molecule has 0 aliphatic heterocycles. The van der Waals surface area contributed by atoms with Crippen molar-refractivity contribution in [3.8, 4) is 0 Å². The minimum atomic E-state index is -0.539. The second-order valence-electron chi connectivity index (χ2n) is 1.08. The van der Waals surface area contributed by atoms with Crippen LogP contribution >= 0.6 is 0 Å². The summed E-state index contributed by atoms with van der Waals surface area (Å²) in [5, 5.41) is 11.3. The van der Waals surface area contributed by atoms with Gasteiger partial charge in [-0.3, -0.25) is 0 Å². The first kappa shape index (κ1) is 4.11. The Labute approximate surface area is 39.0 Å². The highest BCUT2D eigenvalue weighted by molar-refractivity contribution is 4.80. The molecule has 0 aliphatic carbocycles. The fourth-order valence-corrected chi connectivity index (χ4v) is 0.291. The van der Waals surface area contributed by atoms with Gasteiger partial charge in [-0.05, 0) is 0 Å². The molecule has 3 nitrogen and oxygen atoms in total. The largest absolute Gasteiger partial charge is 0.412 e. The SMILES string of the molecule is On1cc(F)cn1. The Morgan fingerprint density at radius 1 is 1.86 bits per heavy atom. The summed E-state index contributed by atoms with van der Waals surface area (Å²) in [4.78, 5) is 0.412. The van der Waals surface area contributed by atoms with Crippen molar-refractivity contribution in [1.82, 2.24) is 9.94 Å². The predicted octanol–water partition coefficient (Wildman–Crippen LogP) is 0.260. The first-order valence-electron chi connectivity index (χ1n) is 1.68. The van der Waals surface area contributed by atoms with Crippen LogP contribution in [0.3, 0.4) is 0 Å². The van der Waals surface area contributed by atoms with E-state index in [0.717, 1.165) is 12.4 Å². The summed E-state index contributed by atoms with van der Waals surface area (Å²) in [5.74, 6) is -0.539. The Morgan fingerprint density at radius 3 is 2.71 bits per heavy atom. The molecule has 0 saturated heterocycles. The molecule has 0 aromatic carbocycles. The van der Waals surface area contributed by atoms with E-state index in [4.69, 9.17) is 5.21 Å². The second kappa shape index (κ2) is 1.22. The lowest BCUT2D eigenvalue weighted by Crippen LogP contribution is -1.86. The van der Waals surface area contributed by atoms with Gasteiger partial charge in [-0.2, -0.15) is 0 Å². The molecule has 0 unspecified atom stereocenters. The van der Waals surface area contributed by atoms with Gasteiger partial charge in [-0.1, -0.05) is 0 Å². The third-order valence-corrected chi connectivity index (χ3v) is 0.538. The Morgan fingerprint density at radius 2 is 2.57 bits per heavy atom. The molecule has 1 heterocycles. The number of aromatic nitrogens is 2. The molecular weight excluding hydrogens is 99.0 g/mol. The van der Waals surface area contributed by atoms with E-state index in [9.17, 15) is 4.39 Å². The van der Waals surface area contributed by atoms with E-state index in [1.807, 2.05) is 0 Å². The highest BCUT2D eigenvalue weighted by Crippen LogP contribution is 1.88. The molecule has 0 fully saturated rings. The summed E-state index contributed by atoms with van der Waals surface area (Å²) in [7, 11) is 0. The number of hydrogen-bond donors (Lipinski definition) is 1. The van der Waals surface area contributed by atoms with Gasteiger partial charge in [0.1, 0.15) is 6.20 Å². The zero-order chi connectivity index (χ0) is 5.28. The van der Waals surface area contributed by atoms with Crippen LogP contribution in [0.15, 0.2) is 12.4 Å². The van der Waals surface area contributed by atoms with E-state index >= 15 is 0 Å². The third-order valence-electron chi connectivity index (χ3n) is 0.538. The quantitative estimate of drug-likeness (QED) is 0.477. The summed E-state index contributed by atoms with van der Waals surface area (Å²) in [6.07, 6.45) is 1.78. The van der Waals surface area contributed by atoms with Crippen LogP contribution in [0, 0.1) is 5.82 Å². The van der Waals surface area contributed by atoms with Gasteiger partial charge in [0, 0.05) is 0 Å². The molecule has 0 bridgehead atoms. The highest BCUT2D eigenvalue weighted by atomic mass is 19.1. The lowest BCUT2D eigenvalue weighted by atomic mass is 10.7. The maximum atomic E-state index is 11.7. The van der Waals surface area contributed by atoms with Crippen LogP contribution in [0.2, 0.25) is 0 Å². The maximum absolute atomic E-state index is 11.7. The zero-order valence-corrected chi connectivity index (χ0v) is 3.37. The monoisotopic (exact) mass is 102 g/mol. The van der Waals surface area contributed by atoms with E-state index in [1.54, 1.807) is 0 Å². The van der Waals surface area contributed by atoms with Crippen molar-refractivity contribution < 1.29 is 9.60 Å². The highest BCUT2D eigenvalue weighted by Gasteiger charge is 1.88. The Kier molecular flexibility index (Phi) is 0.714. The van der Waals surface area contributed by atoms with Crippen molar-refractivity contribution in [1.29, 1.82) is 0 Å². The minimum Gasteiger partial charge on any atom is -0.412 e. The van der Waals surface area contributed by atoms with Gasteiger partial charge in [0.25, 0.3) is 0 Å². The van der Waals surface area contributed by atoms with Gasteiger partial charge in [0.15, 0.2) is 5.82 Å². The Bertz CT molecular complexity index is 145. The van der Waals surface area contributed by atoms with E-state index in [2.05, 4.69) is 5.10 Å². The van der Waals surface area contributed by atoms with Gasteiger partial charge in [0.2, 0.25) is 0 Å². The van der Waals surface area contributed by atoms with Gasteiger partial charge < -0.3 is 5.21 Å². The average Bonchev–Trinajstić information content (AvgIpc) is 1.87. The van der Waals surface area contributed by atoms with Crippen LogP contribution in [0.4, 0.5) is 4.39 Å². The Hall–Kier alpha value is -1.06. The van der Waals surface area contributed by atoms with Crippen molar-refractivity contribution in [3.05, 3.63) is 18.2 Å². The van der Waals surface area contributed by atoms with Crippen molar-refractivity contribution in [2.24, 2.45) is 0 Å². The fraction of sp³-hybridized carbons (Fsp3) is 0. The summed E-state index contributed by atoms with van der Waals surface area (Å²) in [6, 6.07) is 0. The second-order valence-corrected chi connectivity index (χ2v) is 1.08. The fourth-order valence-electron chi connectivity index (χ4n) is 0.291. The van der Waals surface area contributed by atoms with Crippen LogP contribution in [0.5, 0.6) is 0 Å². The summed E-state index contributed by atoms with van der Waals surface area (Å²) in [6.45, 7) is 0. The van der Waals surface area contributed by atoms with Crippen LogP contribution in [0.25, 0.3) is 0 Å². The van der Waals surface area contributed by atoms with Crippen molar-refractivity contribution >= 4 is 0 Å². The molecule has 0 aliphatic rings. The lowest BCUT2D eigenvalue weighted by Gasteiger charge is -1.76. The molecule has 38 valence electrons. The van der Waals surface area contributed by atoms with Gasteiger partial charge in [-0.15, -0.1) is 9.94 Å². The lowest BCUT2D eigenvalue weighted by molar-refractivity contribution is 0.148. The van der Waals surface area contributed by atoms with Crippen LogP contribution in [-0.2, 0) is 0 Å². The number of hydrogen-bond acceptors (Lipinski definition) is 2. The van der Waals surface area contributed by atoms with Crippen molar-refractivity contribution in [2.45, 2.75) is 0 Å². The van der Waals surface area contributed by atoms with E-state index in [-0.39, 0.29) is 0 Å². The number of rotatable bonds is 0. The normalized spacial score (nSPS) is 9.29. The number of halogens is 1. The average molecular weight is 102 g/mol. The molecule has 1 aromatic rings. The third kappa shape index (κ3) is 0.677. The predicted molar refractivity (Wildman–Crippen MR) is 19.4 cm³/mol. The molecule has 1 aromatic heterocycles. The van der Waals surface area contributed by atoms with Gasteiger partial charge >= 0.3 is 0 Å². The van der Waals surface area contributed by atoms with E-state index in [0.29, 0.717) is 4.85 Å². The van der Waals surface area contributed by atoms with E-state index in [1.165, 1.54) is 0 Å². The molecule has 0 amide bonds. The van der Waals surface area contributed by atoms with Crippen LogP contribution in [-0.4, -0.2) is 15.2 Å². The first-order chi connectivity index (χ1) is 3.29. The molecule has 4 heteroatoms. The molecule has 0 radical (unpaired) electrons. The molecule has 0 saturated carbocycles. The zero-order valence-electron chi connectivity index (χ0n) is 3.37. The summed E-state index contributed by atoms with van der Waals surface area (Å²) >= 11 is 0. The van der Waals surface area contributed by atoms with Gasteiger partial charge in [-0.25, -0.2) is 4.39 Å². The summed E-state index contributed by atoms with van der Waals surface area (Å²) < 4.78 is 11.7. The van der Waals surface area contributed by atoms with E-state index < -0.39 is 5.82 Å². The van der Waals surface area contributed by atoms with Crippen LogP contribution in [0.1, 0.15) is 0 Å². The smallest absolute Gasteiger partial charge is 0.164 e. The molecule has 0 atom stereocenters. The first-order valence-corrected chi connectivity index (χ1v) is 1.68. The van der Waals surface area contributed by atoms with Gasteiger partial charge in [0.05, 0.1) is 6.20 Å². The standard InChI is InChI=1S/C3H3FN2O/c4-3-1-5-6(7)2-3/h1-2,7H. The van der Waals surface area contributed by atoms with Crippen molar-refractivity contribution in [3.63, 3.8) is 0 Å². The summed E-state index contributed by atoms with van der Waals surface area (Å²) in [5.41, 5.74) is 0. The number of nitrogens with zero attached hydrogens (tertiary/aromatic N) is 2. The Balaban J connectivity index is 3.04. The topological polar surface area (TPSA) is 38.0 Å².